The maximum Gasteiger partial charge on any atom is 0.256 e. The molecule has 100 valence electrons. The van der Waals surface area contributed by atoms with Crippen LogP contribution in [0.4, 0.5) is 0 Å². The number of carbonyl (C=O) groups excluding carboxylic acids is 1. The van der Waals surface area contributed by atoms with Crippen molar-refractivity contribution >= 4 is 29.3 Å². The second-order valence-electron chi connectivity index (χ2n) is 3.76. The number of hydrogen-bond donors (Lipinski definition) is 0. The lowest BCUT2D eigenvalue weighted by Crippen LogP contribution is -2.29. The van der Waals surface area contributed by atoms with Crippen LogP contribution in [0.1, 0.15) is 16.8 Å². The van der Waals surface area contributed by atoms with Crippen LogP contribution < -0.4 is 0 Å². The van der Waals surface area contributed by atoms with Gasteiger partial charge in [0, 0.05) is 27.3 Å². The first kappa shape index (κ1) is 15.3. The molecule has 1 rings (SSSR count). The lowest BCUT2D eigenvalue weighted by Gasteiger charge is -2.18. The standard InChI is InChI=1S/C12H17ClN2O2S/c1-15(7-4-8-17-2)12(16)9-5-6-10(13)14-11(9)18-3/h5-6H,4,7-8H2,1-3H3. The number of ether oxygens (including phenoxy) is 1. The van der Waals surface area contributed by atoms with E-state index in [4.69, 9.17) is 16.3 Å². The van der Waals surface area contributed by atoms with Crippen molar-refractivity contribution in [1.82, 2.24) is 9.88 Å². The van der Waals surface area contributed by atoms with Crippen molar-refractivity contribution in [2.75, 3.05) is 33.6 Å². The highest BCUT2D eigenvalue weighted by Gasteiger charge is 2.16. The van der Waals surface area contributed by atoms with Crippen LogP contribution in [0.5, 0.6) is 0 Å². The Bertz CT molecular complexity index is 415. The third kappa shape index (κ3) is 4.15. The van der Waals surface area contributed by atoms with Crippen molar-refractivity contribution in [2.24, 2.45) is 0 Å². The summed E-state index contributed by atoms with van der Waals surface area (Å²) in [5, 5.41) is 1.06. The van der Waals surface area contributed by atoms with Crippen LogP contribution >= 0.6 is 23.4 Å². The molecule has 0 saturated carbocycles. The van der Waals surface area contributed by atoms with Gasteiger partial charge in [0.25, 0.3) is 5.91 Å². The number of hydrogen-bond acceptors (Lipinski definition) is 4. The molecule has 1 aromatic heterocycles. The Hall–Kier alpha value is -0.780. The molecule has 0 spiro atoms. The Kier molecular flexibility index (Phi) is 6.46. The Morgan fingerprint density at radius 3 is 2.89 bits per heavy atom. The largest absolute Gasteiger partial charge is 0.385 e. The average molecular weight is 289 g/mol. The molecule has 1 heterocycles. The SMILES string of the molecule is COCCCN(C)C(=O)c1ccc(Cl)nc1SC. The van der Waals surface area contributed by atoms with Gasteiger partial charge in [-0.25, -0.2) is 4.98 Å². The zero-order valence-electron chi connectivity index (χ0n) is 10.8. The molecular formula is C12H17ClN2O2S. The van der Waals surface area contributed by atoms with Crippen LogP contribution in [-0.4, -0.2) is 49.4 Å². The minimum atomic E-state index is -0.0420. The van der Waals surface area contributed by atoms with Crippen molar-refractivity contribution in [3.63, 3.8) is 0 Å². The fourth-order valence-corrected chi connectivity index (χ4v) is 2.25. The molecule has 0 aliphatic heterocycles. The first-order valence-electron chi connectivity index (χ1n) is 5.55. The molecule has 1 aromatic rings. The number of thioether (sulfide) groups is 1. The zero-order chi connectivity index (χ0) is 13.5. The molecule has 0 radical (unpaired) electrons. The summed E-state index contributed by atoms with van der Waals surface area (Å²) in [6, 6.07) is 3.35. The molecule has 0 fully saturated rings. The average Bonchev–Trinajstić information content (AvgIpc) is 2.37. The Labute approximate surface area is 117 Å². The van der Waals surface area contributed by atoms with E-state index >= 15 is 0 Å². The third-order valence-corrected chi connectivity index (χ3v) is 3.35. The highest BCUT2D eigenvalue weighted by molar-refractivity contribution is 7.98. The summed E-state index contributed by atoms with van der Waals surface area (Å²) in [6.45, 7) is 1.30. The van der Waals surface area contributed by atoms with Crippen molar-refractivity contribution in [3.05, 3.63) is 22.8 Å². The maximum absolute atomic E-state index is 12.2. The van der Waals surface area contributed by atoms with Gasteiger partial charge in [-0.1, -0.05) is 11.6 Å². The third-order valence-electron chi connectivity index (χ3n) is 2.44. The molecule has 0 aliphatic rings. The molecule has 0 atom stereocenters. The number of methoxy groups -OCH3 is 1. The van der Waals surface area contributed by atoms with E-state index in [0.29, 0.717) is 28.9 Å². The number of nitrogens with zero attached hydrogens (tertiary/aromatic N) is 2. The molecule has 0 aliphatic carbocycles. The molecule has 18 heavy (non-hydrogen) atoms. The van der Waals surface area contributed by atoms with Gasteiger partial charge >= 0.3 is 0 Å². The van der Waals surface area contributed by atoms with Gasteiger partial charge in [-0.15, -0.1) is 11.8 Å². The van der Waals surface area contributed by atoms with E-state index in [1.54, 1.807) is 31.2 Å². The molecule has 0 saturated heterocycles. The summed E-state index contributed by atoms with van der Waals surface area (Å²) in [5.41, 5.74) is 0.590. The van der Waals surface area contributed by atoms with E-state index in [9.17, 15) is 4.79 Å². The zero-order valence-corrected chi connectivity index (χ0v) is 12.3. The summed E-state index contributed by atoms with van der Waals surface area (Å²) >= 11 is 7.23. The van der Waals surface area contributed by atoms with Crippen LogP contribution in [0.25, 0.3) is 0 Å². The Balaban J connectivity index is 2.76. The highest BCUT2D eigenvalue weighted by Crippen LogP contribution is 2.21. The number of pyridine rings is 1. The number of rotatable bonds is 6. The Morgan fingerprint density at radius 2 is 2.28 bits per heavy atom. The fraction of sp³-hybridized carbons (Fsp3) is 0.500. The summed E-state index contributed by atoms with van der Waals surface area (Å²) in [4.78, 5) is 18.0. The molecule has 0 unspecified atom stereocenters. The minimum Gasteiger partial charge on any atom is -0.385 e. The van der Waals surface area contributed by atoms with E-state index in [0.717, 1.165) is 6.42 Å². The number of amides is 1. The van der Waals surface area contributed by atoms with E-state index in [2.05, 4.69) is 4.98 Å². The van der Waals surface area contributed by atoms with Crippen LogP contribution in [0.3, 0.4) is 0 Å². The molecular weight excluding hydrogens is 272 g/mol. The maximum atomic E-state index is 12.2. The number of halogens is 1. The summed E-state index contributed by atoms with van der Waals surface area (Å²) < 4.78 is 4.97. The van der Waals surface area contributed by atoms with Crippen molar-refractivity contribution < 1.29 is 9.53 Å². The van der Waals surface area contributed by atoms with Gasteiger partial charge < -0.3 is 9.64 Å². The topological polar surface area (TPSA) is 42.4 Å². The summed E-state index contributed by atoms with van der Waals surface area (Å²) in [7, 11) is 3.42. The van der Waals surface area contributed by atoms with Crippen molar-refractivity contribution in [2.45, 2.75) is 11.4 Å². The smallest absolute Gasteiger partial charge is 0.256 e. The van der Waals surface area contributed by atoms with Gasteiger partial charge in [0.2, 0.25) is 0 Å². The number of aromatic nitrogens is 1. The normalized spacial score (nSPS) is 10.4. The minimum absolute atomic E-state index is 0.0420. The Morgan fingerprint density at radius 1 is 1.56 bits per heavy atom. The van der Waals surface area contributed by atoms with Gasteiger partial charge in [0.1, 0.15) is 10.2 Å². The highest BCUT2D eigenvalue weighted by atomic mass is 35.5. The molecule has 1 amide bonds. The molecule has 0 N–H and O–H groups in total. The summed E-state index contributed by atoms with van der Waals surface area (Å²) in [6.07, 6.45) is 2.69. The van der Waals surface area contributed by atoms with Crippen molar-refractivity contribution in [1.29, 1.82) is 0 Å². The predicted octanol–water partition coefficient (Wildman–Crippen LogP) is 2.57. The predicted molar refractivity (Wildman–Crippen MR) is 74.5 cm³/mol. The van der Waals surface area contributed by atoms with Gasteiger partial charge in [-0.05, 0) is 24.8 Å². The monoisotopic (exact) mass is 288 g/mol. The quantitative estimate of drug-likeness (QED) is 0.458. The van der Waals surface area contributed by atoms with Crippen molar-refractivity contribution in [3.8, 4) is 0 Å². The molecule has 0 aromatic carbocycles. The van der Waals surface area contributed by atoms with Gasteiger partial charge in [-0.2, -0.15) is 0 Å². The van der Waals surface area contributed by atoms with E-state index in [1.165, 1.54) is 11.8 Å². The first-order chi connectivity index (χ1) is 8.60. The summed E-state index contributed by atoms with van der Waals surface area (Å²) in [5.74, 6) is -0.0420. The lowest BCUT2D eigenvalue weighted by molar-refractivity contribution is 0.0775. The van der Waals surface area contributed by atoms with E-state index in [-0.39, 0.29) is 5.91 Å². The van der Waals surface area contributed by atoms with Gasteiger partial charge in [-0.3, -0.25) is 4.79 Å². The molecule has 0 bridgehead atoms. The molecule has 6 heteroatoms. The molecule has 4 nitrogen and oxygen atoms in total. The van der Waals surface area contributed by atoms with E-state index in [1.807, 2.05) is 6.26 Å². The van der Waals surface area contributed by atoms with Crippen LogP contribution in [0.2, 0.25) is 5.15 Å². The lowest BCUT2D eigenvalue weighted by atomic mass is 10.2. The first-order valence-corrected chi connectivity index (χ1v) is 7.15. The second kappa shape index (κ2) is 7.61. The van der Waals surface area contributed by atoms with Crippen LogP contribution in [0, 0.1) is 0 Å². The second-order valence-corrected chi connectivity index (χ2v) is 4.95. The number of carbonyl (C=O) groups is 1. The van der Waals surface area contributed by atoms with E-state index < -0.39 is 0 Å². The van der Waals surface area contributed by atoms with Crippen LogP contribution in [-0.2, 0) is 4.74 Å². The van der Waals surface area contributed by atoms with Gasteiger partial charge in [0.15, 0.2) is 0 Å². The fourth-order valence-electron chi connectivity index (χ4n) is 1.49. The van der Waals surface area contributed by atoms with Crippen LogP contribution in [0.15, 0.2) is 17.2 Å². The van der Waals surface area contributed by atoms with Gasteiger partial charge in [0.05, 0.1) is 5.56 Å².